The van der Waals surface area contributed by atoms with Crippen LogP contribution in [0.15, 0.2) is 20.5 Å². The third kappa shape index (κ3) is 8.43. The Bertz CT molecular complexity index is 2210. The third-order valence-electron chi connectivity index (χ3n) is 6.77. The van der Waals surface area contributed by atoms with Crippen molar-refractivity contribution in [2.24, 2.45) is 20.5 Å². The minimum Gasteiger partial charge on any atom is -0.480 e. The van der Waals surface area contributed by atoms with E-state index < -0.39 is 41.9 Å². The first-order valence-corrected chi connectivity index (χ1v) is 17.0. The summed E-state index contributed by atoms with van der Waals surface area (Å²) in [5, 5.41) is 72.0. The highest BCUT2D eigenvalue weighted by molar-refractivity contribution is 7.19. The van der Waals surface area contributed by atoms with Crippen molar-refractivity contribution in [2.75, 3.05) is 48.5 Å². The van der Waals surface area contributed by atoms with Crippen LogP contribution >= 0.6 is 22.7 Å². The Balaban J connectivity index is 1.54. The van der Waals surface area contributed by atoms with E-state index in [1.54, 1.807) is 4.90 Å². The van der Waals surface area contributed by atoms with E-state index in [4.69, 9.17) is 11.5 Å². The Labute approximate surface area is 308 Å². The second kappa shape index (κ2) is 14.4. The molecular weight excluding hydrogens is 735 g/mol. The lowest BCUT2D eigenvalue weighted by Crippen LogP contribution is -2.34. The average Bonchev–Trinajstić information content (AvgIpc) is 3.83. The fourth-order valence-electron chi connectivity index (χ4n) is 4.40. The molecule has 0 aliphatic carbocycles. The molecule has 0 saturated carbocycles. The lowest BCUT2D eigenvalue weighted by molar-refractivity contribution is -0.136. The number of aliphatic carboxylic acids is 2. The summed E-state index contributed by atoms with van der Waals surface area (Å²) in [6.07, 6.45) is 0. The van der Waals surface area contributed by atoms with Gasteiger partial charge in [-0.2, -0.15) is 34.5 Å². The maximum Gasteiger partial charge on any atom is 0.323 e. The standard InChI is InChI=1S/C27H35N19O5S2/c1-26(2,3)15-13(33-35-22-37-39-24(52-22)43(7)8)17(28)45(41-15)19-30-20(32-21(51)31-19)46-18(29)14(16(42-46)27(4,5)6)34-36-23-38-40-25(53-23)44(9-11(47)48)10-12(49)50/h9-10,28-29H2,1-8H3,(H,47,48)(H,49,50)(H,30,31,32,51). The van der Waals surface area contributed by atoms with Crippen molar-refractivity contribution in [1.82, 2.24) is 54.9 Å². The first-order chi connectivity index (χ1) is 24.7. The quantitative estimate of drug-likeness (QED) is 0.114. The second-order valence-corrected chi connectivity index (χ2v) is 15.3. The summed E-state index contributed by atoms with van der Waals surface area (Å²) in [6.45, 7) is 10.0. The van der Waals surface area contributed by atoms with Crippen LogP contribution < -0.4 is 21.3 Å². The lowest BCUT2D eigenvalue weighted by Gasteiger charge is -2.15. The van der Waals surface area contributed by atoms with Crippen LogP contribution in [-0.4, -0.2) is 109 Å². The zero-order valence-corrected chi connectivity index (χ0v) is 31.3. The molecule has 0 atom stereocenters. The van der Waals surface area contributed by atoms with E-state index in [-0.39, 0.29) is 45.2 Å². The van der Waals surface area contributed by atoms with Crippen molar-refractivity contribution in [3.8, 4) is 17.9 Å². The monoisotopic (exact) mass is 769 g/mol. The number of carboxylic acid groups (broad SMARTS) is 2. The number of nitrogens with two attached hydrogens (primary N) is 2. The molecule has 53 heavy (non-hydrogen) atoms. The van der Waals surface area contributed by atoms with Gasteiger partial charge in [-0.1, -0.05) is 64.2 Å². The Morgan fingerprint density at radius 2 is 1.11 bits per heavy atom. The maximum atomic E-state index is 11.3. The van der Waals surface area contributed by atoms with Crippen molar-refractivity contribution in [3.05, 3.63) is 11.4 Å². The molecule has 0 fully saturated rings. The molecule has 0 aliphatic rings. The minimum absolute atomic E-state index is 0.00690. The van der Waals surface area contributed by atoms with Gasteiger partial charge in [0.2, 0.25) is 10.3 Å². The Morgan fingerprint density at radius 1 is 0.698 bits per heavy atom. The molecule has 26 heteroatoms. The van der Waals surface area contributed by atoms with Gasteiger partial charge in [0.25, 0.3) is 22.2 Å². The SMILES string of the molecule is CN(C)c1nnc(N=Nc2c(C(C)(C)C)nn(-c3nc(O)nc(-n4nc(C(C)(C)C)c(N=Nc5nnc(N(CC(=O)O)CC(=O)O)s5)c4N)n3)c2N)s1. The van der Waals surface area contributed by atoms with Crippen molar-refractivity contribution in [2.45, 2.75) is 52.4 Å². The maximum absolute atomic E-state index is 11.3. The molecule has 0 spiro atoms. The fraction of sp³-hybridized carbons (Fsp3) is 0.444. The van der Waals surface area contributed by atoms with Crippen LogP contribution in [0.1, 0.15) is 52.9 Å². The highest BCUT2D eigenvalue weighted by atomic mass is 32.1. The van der Waals surface area contributed by atoms with E-state index in [1.807, 2.05) is 55.6 Å². The van der Waals surface area contributed by atoms with Crippen LogP contribution in [0.2, 0.25) is 0 Å². The van der Waals surface area contributed by atoms with E-state index in [0.29, 0.717) is 21.7 Å². The predicted molar refractivity (Wildman–Crippen MR) is 192 cm³/mol. The van der Waals surface area contributed by atoms with Gasteiger partial charge in [0.1, 0.15) is 13.1 Å². The highest BCUT2D eigenvalue weighted by Gasteiger charge is 2.31. The topological polar surface area (TPSA) is 329 Å². The van der Waals surface area contributed by atoms with E-state index in [0.717, 1.165) is 20.9 Å². The predicted octanol–water partition coefficient (Wildman–Crippen LogP) is 3.28. The highest BCUT2D eigenvalue weighted by Crippen LogP contribution is 2.40. The Kier molecular flexibility index (Phi) is 10.3. The molecule has 7 N–H and O–H groups in total. The Morgan fingerprint density at radius 3 is 1.49 bits per heavy atom. The molecule has 5 aromatic heterocycles. The first-order valence-electron chi connectivity index (χ1n) is 15.3. The van der Waals surface area contributed by atoms with Gasteiger partial charge in [-0.25, -0.2) is 0 Å². The molecule has 0 aromatic carbocycles. The molecule has 24 nitrogen and oxygen atoms in total. The lowest BCUT2D eigenvalue weighted by atomic mass is 9.91. The van der Waals surface area contributed by atoms with Crippen molar-refractivity contribution in [1.29, 1.82) is 0 Å². The minimum atomic E-state index is -1.26. The molecule has 0 radical (unpaired) electrons. The summed E-state index contributed by atoms with van der Waals surface area (Å²) in [5.74, 6) is -2.99. The molecule has 0 bridgehead atoms. The molecule has 0 unspecified atom stereocenters. The van der Waals surface area contributed by atoms with Crippen molar-refractivity contribution in [3.63, 3.8) is 0 Å². The molecule has 280 valence electrons. The van der Waals surface area contributed by atoms with E-state index >= 15 is 0 Å². The number of nitrogen functional groups attached to an aromatic ring is 2. The summed E-state index contributed by atoms with van der Waals surface area (Å²) in [7, 11) is 3.66. The van der Waals surface area contributed by atoms with E-state index in [9.17, 15) is 24.9 Å². The van der Waals surface area contributed by atoms with Crippen LogP contribution in [0.5, 0.6) is 6.01 Å². The van der Waals surface area contributed by atoms with Crippen molar-refractivity contribution >= 4 is 78.1 Å². The van der Waals surface area contributed by atoms with Gasteiger partial charge < -0.3 is 36.6 Å². The van der Waals surface area contributed by atoms with Gasteiger partial charge >= 0.3 is 17.9 Å². The fourth-order valence-corrected chi connectivity index (χ4v) is 5.66. The van der Waals surface area contributed by atoms with Gasteiger partial charge in [0.15, 0.2) is 23.0 Å². The van der Waals surface area contributed by atoms with Gasteiger partial charge in [-0.3, -0.25) is 9.59 Å². The molecule has 0 saturated heterocycles. The number of aromatic hydroxyl groups is 1. The summed E-state index contributed by atoms with van der Waals surface area (Å²) in [6, 6.07) is -0.700. The smallest absolute Gasteiger partial charge is 0.323 e. The molecule has 0 aliphatic heterocycles. The van der Waals surface area contributed by atoms with Crippen LogP contribution in [0.4, 0.5) is 43.5 Å². The zero-order chi connectivity index (χ0) is 39.0. The molecule has 0 amide bonds. The average molecular weight is 770 g/mol. The third-order valence-corrected chi connectivity index (χ3v) is 8.62. The molecule has 5 aromatic rings. The van der Waals surface area contributed by atoms with Gasteiger partial charge in [0.05, 0.1) is 11.4 Å². The van der Waals surface area contributed by atoms with Crippen LogP contribution in [0, 0.1) is 0 Å². The number of nitrogens with zero attached hydrogens (tertiary/aromatic N) is 17. The molecule has 5 rings (SSSR count). The normalized spacial score (nSPS) is 12.3. The number of azo groups is 2. The summed E-state index contributed by atoms with van der Waals surface area (Å²) < 4.78 is 2.32. The number of rotatable bonds is 12. The molecular formula is C27H35N19O5S2. The number of carboxylic acids is 2. The zero-order valence-electron chi connectivity index (χ0n) is 29.6. The number of carbonyl (C=O) groups is 2. The number of anilines is 4. The van der Waals surface area contributed by atoms with E-state index in [1.165, 1.54) is 16.0 Å². The molecule has 5 heterocycles. The summed E-state index contributed by atoms with van der Waals surface area (Å²) in [4.78, 5) is 37.9. The van der Waals surface area contributed by atoms with E-state index in [2.05, 4.69) is 66.0 Å². The number of hydrogen-bond acceptors (Lipinski definition) is 22. The van der Waals surface area contributed by atoms with Gasteiger partial charge in [0, 0.05) is 24.9 Å². The number of aromatic nitrogens is 11. The Hall–Kier alpha value is -6.31. The van der Waals surface area contributed by atoms with Gasteiger partial charge in [-0.05, 0) is 0 Å². The second-order valence-electron chi connectivity index (χ2n) is 13.4. The van der Waals surface area contributed by atoms with Crippen molar-refractivity contribution < 1.29 is 24.9 Å². The van der Waals surface area contributed by atoms with Crippen LogP contribution in [0.25, 0.3) is 11.9 Å². The largest absolute Gasteiger partial charge is 0.480 e. The van der Waals surface area contributed by atoms with Gasteiger partial charge in [-0.15, -0.1) is 40.9 Å². The van der Waals surface area contributed by atoms with Crippen LogP contribution in [-0.2, 0) is 20.4 Å². The first kappa shape index (κ1) is 37.9. The summed E-state index contributed by atoms with van der Waals surface area (Å²) >= 11 is 2.04. The number of hydrogen-bond donors (Lipinski definition) is 5. The van der Waals surface area contributed by atoms with Crippen LogP contribution in [0.3, 0.4) is 0 Å². The summed E-state index contributed by atoms with van der Waals surface area (Å²) in [5.41, 5.74) is 13.0.